The Labute approximate surface area is 331 Å². The van der Waals surface area contributed by atoms with Gasteiger partial charge in [-0.25, -0.2) is 4.79 Å². The van der Waals surface area contributed by atoms with Crippen LogP contribution in [-0.4, -0.2) is 135 Å². The Bertz CT molecular complexity index is 1490. The first-order valence-electron chi connectivity index (χ1n) is 18.1. The van der Waals surface area contributed by atoms with E-state index in [4.69, 9.17) is 11.5 Å². The van der Waals surface area contributed by atoms with Crippen molar-refractivity contribution in [2.24, 2.45) is 17.4 Å². The highest BCUT2D eigenvalue weighted by Crippen LogP contribution is 2.20. The minimum atomic E-state index is -1.52. The second-order valence-corrected chi connectivity index (χ2v) is 14.5. The molecule has 0 aromatic heterocycles. The molecule has 308 valence electrons. The molecule has 0 unspecified atom stereocenters. The molecule has 1 aliphatic rings. The highest BCUT2D eigenvalue weighted by molar-refractivity contribution is 7.80. The van der Waals surface area contributed by atoms with Crippen LogP contribution in [0.25, 0.3) is 0 Å². The molecule has 12 N–H and O–H groups in total. The zero-order valence-electron chi connectivity index (χ0n) is 31.3. The summed E-state index contributed by atoms with van der Waals surface area (Å²) in [6.45, 7) is 5.07. The largest absolute Gasteiger partial charge is 0.508 e. The number of nitrogens with two attached hydrogens (primary N) is 2. The van der Waals surface area contributed by atoms with Crippen LogP contribution >= 0.6 is 25.3 Å². The minimum absolute atomic E-state index is 0.0450. The van der Waals surface area contributed by atoms with Gasteiger partial charge in [-0.05, 0) is 62.8 Å². The van der Waals surface area contributed by atoms with Crippen LogP contribution in [0.4, 0.5) is 0 Å². The van der Waals surface area contributed by atoms with E-state index in [9.17, 15) is 48.9 Å². The number of phenolic OH excluding ortho intramolecular Hbond substituents is 1. The van der Waals surface area contributed by atoms with Gasteiger partial charge in [0.15, 0.2) is 0 Å². The summed E-state index contributed by atoms with van der Waals surface area (Å²) in [4.78, 5) is 93.0. The average molecular weight is 813 g/mol. The molecule has 2 rings (SSSR count). The predicted molar refractivity (Wildman–Crippen MR) is 209 cm³/mol. The summed E-state index contributed by atoms with van der Waals surface area (Å²) in [5.41, 5.74) is 11.9. The van der Waals surface area contributed by atoms with Gasteiger partial charge in [-0.2, -0.15) is 25.3 Å². The van der Waals surface area contributed by atoms with Crippen LogP contribution in [0.1, 0.15) is 58.4 Å². The first kappa shape index (κ1) is 47.0. The number of phenols is 1. The van der Waals surface area contributed by atoms with E-state index in [2.05, 4.69) is 51.8 Å². The third-order valence-corrected chi connectivity index (χ3v) is 9.79. The fraction of sp³-hybridized carbons (Fsp3) is 0.629. The summed E-state index contributed by atoms with van der Waals surface area (Å²) in [5, 5.41) is 42.5. The number of aromatic hydroxyl groups is 1. The lowest BCUT2D eigenvalue weighted by Crippen LogP contribution is -2.62. The molecule has 6 amide bonds. The lowest BCUT2D eigenvalue weighted by atomic mass is 9.99. The number of carbonyl (C=O) groups excluding carboxylic acids is 6. The summed E-state index contributed by atoms with van der Waals surface area (Å²) < 4.78 is 0. The molecule has 18 nitrogen and oxygen atoms in total. The van der Waals surface area contributed by atoms with Crippen molar-refractivity contribution in [3.8, 4) is 5.75 Å². The number of amides is 6. The number of carbonyl (C=O) groups is 7. The van der Waals surface area contributed by atoms with Gasteiger partial charge in [0, 0.05) is 24.5 Å². The van der Waals surface area contributed by atoms with Gasteiger partial charge in [0.25, 0.3) is 0 Å². The molecule has 1 fully saturated rings. The van der Waals surface area contributed by atoms with E-state index in [1.165, 1.54) is 31.2 Å². The number of carboxylic acid groups (broad SMARTS) is 1. The second-order valence-electron chi connectivity index (χ2n) is 13.8. The first-order chi connectivity index (χ1) is 25.9. The van der Waals surface area contributed by atoms with Gasteiger partial charge in [0.1, 0.15) is 42.0 Å². The third-order valence-electron chi connectivity index (χ3n) is 9.06. The first-order valence-corrected chi connectivity index (χ1v) is 19.4. The monoisotopic (exact) mass is 812 g/mol. The van der Waals surface area contributed by atoms with Gasteiger partial charge in [0.05, 0.1) is 12.1 Å². The Balaban J connectivity index is 2.26. The molecule has 0 aliphatic carbocycles. The van der Waals surface area contributed by atoms with Crippen LogP contribution in [0.15, 0.2) is 24.3 Å². The zero-order chi connectivity index (χ0) is 41.4. The number of carboxylic acids is 1. The van der Waals surface area contributed by atoms with Gasteiger partial charge in [0.2, 0.25) is 35.4 Å². The number of nitrogens with zero attached hydrogens (tertiary/aromatic N) is 1. The van der Waals surface area contributed by atoms with Crippen molar-refractivity contribution in [3.05, 3.63) is 29.8 Å². The molecule has 0 radical (unpaired) electrons. The Hall–Kier alpha value is -4.11. The number of unbranched alkanes of at least 4 members (excludes halogenated alkanes) is 1. The quantitative estimate of drug-likeness (QED) is 0.0439. The number of aliphatic hydroxyl groups is 1. The molecule has 8 atom stereocenters. The van der Waals surface area contributed by atoms with Crippen molar-refractivity contribution in [2.45, 2.75) is 108 Å². The smallest absolute Gasteiger partial charge is 0.326 e. The van der Waals surface area contributed by atoms with E-state index in [-0.39, 0.29) is 36.6 Å². The van der Waals surface area contributed by atoms with E-state index in [1.54, 1.807) is 13.8 Å². The maximum Gasteiger partial charge on any atom is 0.326 e. The summed E-state index contributed by atoms with van der Waals surface area (Å²) >= 11 is 8.37. The number of rotatable bonds is 22. The van der Waals surface area contributed by atoms with Gasteiger partial charge >= 0.3 is 5.97 Å². The van der Waals surface area contributed by atoms with E-state index >= 15 is 0 Å². The summed E-state index contributed by atoms with van der Waals surface area (Å²) in [7, 11) is 0. The average Bonchev–Trinajstić information content (AvgIpc) is 3.64. The van der Waals surface area contributed by atoms with Crippen molar-refractivity contribution in [2.75, 3.05) is 24.6 Å². The highest BCUT2D eigenvalue weighted by atomic mass is 32.1. The van der Waals surface area contributed by atoms with Crippen molar-refractivity contribution in [1.29, 1.82) is 0 Å². The van der Waals surface area contributed by atoms with Crippen LogP contribution in [-0.2, 0) is 40.0 Å². The molecule has 20 heteroatoms. The molecule has 55 heavy (non-hydrogen) atoms. The van der Waals surface area contributed by atoms with E-state index in [1.807, 2.05) is 0 Å². The van der Waals surface area contributed by atoms with E-state index in [0.29, 0.717) is 37.8 Å². The minimum Gasteiger partial charge on any atom is -0.508 e. The molecule has 1 aromatic carbocycles. The number of likely N-dealkylation sites (tertiary alicyclic amines) is 1. The van der Waals surface area contributed by atoms with Crippen molar-refractivity contribution >= 4 is 66.7 Å². The molecule has 0 saturated carbocycles. The maximum atomic E-state index is 13.9. The highest BCUT2D eigenvalue weighted by Gasteiger charge is 2.40. The maximum absolute atomic E-state index is 13.9. The molecular formula is C35H56N8O10S2. The standard InChI is InChI=1S/C35H56N8O10S2/c1-18(2)27(33(50)42-28(19(3)44)34(51)43-14-6-8-26(43)35(52)53)41-30(47)23(15-20-9-11-21(45)12-10-20)38-31(48)25(17-55)40-32(49)24(16-54)39-29(46)22(37)7-4-5-13-36/h9-12,18-19,22-28,44-45,54-55H,4-8,13-17,36-37H2,1-3H3,(H,38,48)(H,39,46)(H,40,49)(H,41,47)(H,42,50)(H,52,53)/t19-,22+,23+,24+,25+,26+,27+,28+/m1/s1. The third kappa shape index (κ3) is 14.5. The Kier molecular flexibility index (Phi) is 19.7. The fourth-order valence-electron chi connectivity index (χ4n) is 5.81. The van der Waals surface area contributed by atoms with Gasteiger partial charge in [-0.1, -0.05) is 32.4 Å². The summed E-state index contributed by atoms with van der Waals surface area (Å²) in [5.74, 6) is -6.81. The number of benzene rings is 1. The molecular weight excluding hydrogens is 757 g/mol. The molecule has 1 saturated heterocycles. The molecule has 0 bridgehead atoms. The molecule has 0 spiro atoms. The predicted octanol–water partition coefficient (Wildman–Crippen LogP) is -2.21. The topological polar surface area (TPSA) is 296 Å². The molecule has 1 aromatic rings. The van der Waals surface area contributed by atoms with Crippen LogP contribution in [0.2, 0.25) is 0 Å². The Morgan fingerprint density at radius 1 is 0.800 bits per heavy atom. The van der Waals surface area contributed by atoms with Crippen molar-refractivity contribution < 1.29 is 48.9 Å². The number of aliphatic carboxylic acids is 1. The van der Waals surface area contributed by atoms with E-state index < -0.39 is 95.7 Å². The lowest BCUT2D eigenvalue weighted by Gasteiger charge is -2.31. The van der Waals surface area contributed by atoms with Crippen LogP contribution in [0.5, 0.6) is 5.75 Å². The van der Waals surface area contributed by atoms with Crippen LogP contribution in [0.3, 0.4) is 0 Å². The van der Waals surface area contributed by atoms with Crippen molar-refractivity contribution in [3.63, 3.8) is 0 Å². The second kappa shape index (κ2) is 23.1. The fourth-order valence-corrected chi connectivity index (χ4v) is 6.33. The van der Waals surface area contributed by atoms with E-state index in [0.717, 1.165) is 4.90 Å². The van der Waals surface area contributed by atoms with Crippen molar-refractivity contribution in [1.82, 2.24) is 31.5 Å². The Morgan fingerprint density at radius 3 is 1.84 bits per heavy atom. The van der Waals surface area contributed by atoms with Gasteiger partial charge in [-0.15, -0.1) is 0 Å². The van der Waals surface area contributed by atoms with Gasteiger partial charge in [-0.3, -0.25) is 28.8 Å². The SMILES string of the molecule is CC(C)[C@H](NC(=O)[C@H](Cc1ccc(O)cc1)NC(=O)[C@H](CS)NC(=O)[C@H](CS)NC(=O)[C@@H](N)CCCCN)C(=O)N[C@H](C(=O)N1CCC[C@H]1C(=O)O)[C@@H](C)O. The molecule has 1 aliphatic heterocycles. The number of hydrogen-bond donors (Lipinski definition) is 12. The number of thiol groups is 2. The Morgan fingerprint density at radius 2 is 1.33 bits per heavy atom. The summed E-state index contributed by atoms with van der Waals surface area (Å²) in [6, 6.07) is -2.83. The van der Waals surface area contributed by atoms with Gasteiger partial charge < -0.3 is 58.3 Å². The number of aliphatic hydroxyl groups excluding tert-OH is 1. The normalized spacial score (nSPS) is 17.8. The molecule has 1 heterocycles. The van der Waals surface area contributed by atoms with Crippen LogP contribution in [0, 0.1) is 5.92 Å². The zero-order valence-corrected chi connectivity index (χ0v) is 33.1. The lowest BCUT2D eigenvalue weighted by molar-refractivity contribution is -0.151. The number of hydrogen-bond acceptors (Lipinski definition) is 13. The number of nitrogens with one attached hydrogen (secondary N) is 5. The summed E-state index contributed by atoms with van der Waals surface area (Å²) in [6.07, 6.45) is 0.731. The van der Waals surface area contributed by atoms with Crippen LogP contribution < -0.4 is 38.1 Å².